The van der Waals surface area contributed by atoms with E-state index >= 15 is 0 Å². The van der Waals surface area contributed by atoms with Crippen LogP contribution in [0.4, 0.5) is 0 Å². The minimum atomic E-state index is -0.961. The summed E-state index contributed by atoms with van der Waals surface area (Å²) in [7, 11) is 0. The molecule has 0 aromatic heterocycles. The van der Waals surface area contributed by atoms with E-state index in [-0.39, 0.29) is 0 Å². The van der Waals surface area contributed by atoms with Crippen LogP contribution in [0.2, 0.25) is 0 Å². The Morgan fingerprint density at radius 3 is 1.00 bits per heavy atom. The molecule has 0 N–H and O–H groups in total. The molecule has 0 rings (SSSR count). The highest BCUT2D eigenvalue weighted by Crippen LogP contribution is 2.07. The highest BCUT2D eigenvalue weighted by Gasteiger charge is 2.05. The smallest absolute Gasteiger partial charge is 0.251 e. The van der Waals surface area contributed by atoms with Gasteiger partial charge in [-0.05, 0) is 0 Å². The standard InChI is InChI=1S/3BrH.Mg/h3*1H;/q;;;+3/p-3. The predicted octanol–water partition coefficient (Wildman–Crippen LogP) is 2.16. The molecule has 0 amide bonds. The third-order valence-electron chi connectivity index (χ3n) is 0. The highest BCUT2D eigenvalue weighted by atomic mass is 80.0. The first kappa shape index (κ1) is 6.21. The second-order valence-corrected chi connectivity index (χ2v) is 24.5. The van der Waals surface area contributed by atoms with Crippen molar-refractivity contribution in [1.82, 2.24) is 0 Å². The number of hydrogen-bond acceptors (Lipinski definition) is 0. The van der Waals surface area contributed by atoms with Crippen LogP contribution in [-0.4, -0.2) is 12.5 Å². The summed E-state index contributed by atoms with van der Waals surface area (Å²) in [6.45, 7) is 0. The SMILES string of the molecule is [Br][Mg]([Br])[Br]. The van der Waals surface area contributed by atoms with Crippen molar-refractivity contribution in [2.45, 2.75) is 0 Å². The van der Waals surface area contributed by atoms with E-state index in [1.807, 2.05) is 0 Å². The Morgan fingerprint density at radius 2 is 1.00 bits per heavy atom. The first-order chi connectivity index (χ1) is 1.73. The van der Waals surface area contributed by atoms with Gasteiger partial charge in [0.25, 0.3) is 0 Å². The quantitative estimate of drug-likeness (QED) is 0.588. The van der Waals surface area contributed by atoms with E-state index < -0.39 is 12.5 Å². The number of hydrogen-bond donors (Lipinski definition) is 0. The lowest BCUT2D eigenvalue weighted by atomic mass is 24.3. The summed E-state index contributed by atoms with van der Waals surface area (Å²) in [4.78, 5) is 0. The number of rotatable bonds is 0. The van der Waals surface area contributed by atoms with Crippen LogP contribution < -0.4 is 0 Å². The lowest BCUT2D eigenvalue weighted by molar-refractivity contribution is 4.99. The molecule has 0 aliphatic heterocycles. The van der Waals surface area contributed by atoms with E-state index in [0.717, 1.165) is 0 Å². The number of halogens is 3. The molecule has 0 saturated heterocycles. The van der Waals surface area contributed by atoms with E-state index in [2.05, 4.69) is 38.7 Å². The first-order valence-electron chi connectivity index (χ1n) is 0.802. The van der Waals surface area contributed by atoms with Gasteiger partial charge in [0.05, 0.1) is 0 Å². The van der Waals surface area contributed by atoms with Crippen molar-refractivity contribution >= 4 is 51.2 Å². The molecule has 0 spiro atoms. The lowest BCUT2D eigenvalue weighted by Gasteiger charge is -1.55. The molecule has 0 saturated carbocycles. The Morgan fingerprint density at radius 1 is 1.00 bits per heavy atom. The molecule has 4 heteroatoms. The van der Waals surface area contributed by atoms with Gasteiger partial charge in [0, 0.05) is 0 Å². The van der Waals surface area contributed by atoms with Gasteiger partial charge < -0.3 is 0 Å². The summed E-state index contributed by atoms with van der Waals surface area (Å²) >= 11 is 8.88. The maximum atomic E-state index is 3.28. The molecule has 0 aliphatic carbocycles. The van der Waals surface area contributed by atoms with E-state index in [9.17, 15) is 0 Å². The Labute approximate surface area is 50.3 Å². The van der Waals surface area contributed by atoms with Gasteiger partial charge in [0.1, 0.15) is 0 Å². The first-order valence-corrected chi connectivity index (χ1v) is 12.5. The fourth-order valence-electron chi connectivity index (χ4n) is 0. The molecular formula is Br3Mg. The second kappa shape index (κ2) is 3.40. The predicted molar refractivity (Wildman–Crippen MR) is 32.5 cm³/mol. The van der Waals surface area contributed by atoms with Crippen molar-refractivity contribution in [3.63, 3.8) is 0 Å². The van der Waals surface area contributed by atoms with Crippen LogP contribution in [0.1, 0.15) is 0 Å². The molecule has 4 heavy (non-hydrogen) atoms. The molecule has 0 aromatic rings. The summed E-state index contributed by atoms with van der Waals surface area (Å²) in [6.07, 6.45) is 0. The molecule has 0 aromatic carbocycles. The van der Waals surface area contributed by atoms with Gasteiger partial charge in [-0.15, -0.1) is 0 Å². The zero-order valence-corrected chi connectivity index (χ0v) is 8.01. The second-order valence-electron chi connectivity index (χ2n) is 0.303. The molecule has 0 heterocycles. The van der Waals surface area contributed by atoms with E-state index in [1.54, 1.807) is 0 Å². The van der Waals surface area contributed by atoms with Gasteiger partial charge in [-0.25, -0.2) is 0 Å². The normalized spacial score (nSPS) is 9.00. The van der Waals surface area contributed by atoms with Crippen molar-refractivity contribution < 1.29 is 0 Å². The van der Waals surface area contributed by atoms with Crippen LogP contribution in [0, 0.1) is 0 Å². The molecule has 0 aliphatic rings. The van der Waals surface area contributed by atoms with Crippen molar-refractivity contribution in [1.29, 1.82) is 0 Å². The van der Waals surface area contributed by atoms with Crippen LogP contribution in [0.5, 0.6) is 0 Å². The van der Waals surface area contributed by atoms with E-state index in [4.69, 9.17) is 0 Å². The lowest BCUT2D eigenvalue weighted by Crippen LogP contribution is -1.60. The minimum Gasteiger partial charge on any atom is -0.251 e. The molecule has 23 valence electrons. The van der Waals surface area contributed by atoms with Crippen LogP contribution >= 0.6 is 38.7 Å². The van der Waals surface area contributed by atoms with Gasteiger partial charge in [-0.3, -0.25) is 38.7 Å². The van der Waals surface area contributed by atoms with E-state index in [0.29, 0.717) is 0 Å². The van der Waals surface area contributed by atoms with Crippen molar-refractivity contribution in [3.8, 4) is 0 Å². The minimum absolute atomic E-state index is 0.961. The summed E-state index contributed by atoms with van der Waals surface area (Å²) in [6, 6.07) is 0. The maximum absolute atomic E-state index is 3.28. The fraction of sp³-hybridized carbons (Fsp3) is 0. The Bertz CT molecular complexity index is 8.00. The zero-order valence-electron chi connectivity index (χ0n) is 1.84. The Hall–Kier alpha value is 2.21. The summed E-state index contributed by atoms with van der Waals surface area (Å²) in [5.74, 6) is 0. The largest absolute Gasteiger partial charge is 0.752 e. The molecular weight excluding hydrogens is 264 g/mol. The molecule has 0 unspecified atom stereocenters. The third-order valence-corrected chi connectivity index (χ3v) is 0. The van der Waals surface area contributed by atoms with Crippen LogP contribution in [0.15, 0.2) is 0 Å². The third kappa shape index (κ3) is 8.88. The fourth-order valence-corrected chi connectivity index (χ4v) is 0. The topological polar surface area (TPSA) is 0 Å². The van der Waals surface area contributed by atoms with Gasteiger partial charge >= 0.3 is 12.5 Å². The van der Waals surface area contributed by atoms with Gasteiger partial charge in [0.2, 0.25) is 0 Å². The van der Waals surface area contributed by atoms with Crippen LogP contribution in [0.3, 0.4) is 0 Å². The summed E-state index contributed by atoms with van der Waals surface area (Å²) < 4.78 is 0. The molecule has 0 fully saturated rings. The van der Waals surface area contributed by atoms with Crippen molar-refractivity contribution in [2.24, 2.45) is 0 Å². The monoisotopic (exact) mass is 261 g/mol. The molecule has 0 bridgehead atoms. The summed E-state index contributed by atoms with van der Waals surface area (Å²) in [5.41, 5.74) is 0. The average Bonchev–Trinajstić information content (AvgIpc) is 0.811. The Kier molecular flexibility index (Phi) is 5.27. The van der Waals surface area contributed by atoms with Gasteiger partial charge in [0.15, 0.2) is 0 Å². The van der Waals surface area contributed by atoms with Gasteiger partial charge in [-0.2, -0.15) is 0 Å². The zero-order chi connectivity index (χ0) is 3.58. The van der Waals surface area contributed by atoms with Gasteiger partial charge in [-0.1, -0.05) is 0 Å². The van der Waals surface area contributed by atoms with Crippen molar-refractivity contribution in [3.05, 3.63) is 0 Å². The molecule has 3 radical (unpaired) electrons. The average molecular weight is 264 g/mol. The highest BCUT2D eigenvalue weighted by molar-refractivity contribution is 9.69. The molecule has 0 nitrogen and oxygen atoms in total. The summed E-state index contributed by atoms with van der Waals surface area (Å²) in [5, 5.41) is 0. The van der Waals surface area contributed by atoms with Crippen molar-refractivity contribution in [2.75, 3.05) is 0 Å². The van der Waals surface area contributed by atoms with Crippen LogP contribution in [0.25, 0.3) is 0 Å². The maximum Gasteiger partial charge on any atom is 0.752 e. The van der Waals surface area contributed by atoms with E-state index in [1.165, 1.54) is 0 Å². The van der Waals surface area contributed by atoms with Crippen LogP contribution in [-0.2, 0) is 0 Å². The molecule has 0 atom stereocenters. The Balaban J connectivity index is 2.32.